The van der Waals surface area contributed by atoms with Crippen molar-refractivity contribution in [2.24, 2.45) is 5.92 Å². The molecule has 0 aliphatic rings. The summed E-state index contributed by atoms with van der Waals surface area (Å²) in [7, 11) is 0. The SMILES string of the molecule is CSc1ccccc1NC(=O)CCC(=O)N[C@@H](CO)C(C)C. The number of amides is 2. The Hall–Kier alpha value is -1.53. The number of hydrogen-bond acceptors (Lipinski definition) is 4. The molecule has 2 amide bonds. The number of nitrogens with one attached hydrogen (secondary N) is 2. The van der Waals surface area contributed by atoms with Gasteiger partial charge in [-0.15, -0.1) is 11.8 Å². The van der Waals surface area contributed by atoms with E-state index >= 15 is 0 Å². The van der Waals surface area contributed by atoms with Gasteiger partial charge in [-0.2, -0.15) is 0 Å². The predicted molar refractivity (Wildman–Crippen MR) is 89.9 cm³/mol. The molecule has 1 atom stereocenters. The van der Waals surface area contributed by atoms with Gasteiger partial charge in [0, 0.05) is 17.7 Å². The molecule has 0 fully saturated rings. The van der Waals surface area contributed by atoms with E-state index in [1.807, 2.05) is 44.4 Å². The summed E-state index contributed by atoms with van der Waals surface area (Å²) in [5, 5.41) is 14.7. The first-order valence-electron chi connectivity index (χ1n) is 7.31. The molecule has 0 heterocycles. The lowest BCUT2D eigenvalue weighted by molar-refractivity contribution is -0.125. The van der Waals surface area contributed by atoms with Gasteiger partial charge in [0.2, 0.25) is 11.8 Å². The molecule has 1 aromatic carbocycles. The fraction of sp³-hybridized carbons (Fsp3) is 0.500. The fourth-order valence-electron chi connectivity index (χ4n) is 1.89. The Kier molecular flexibility index (Phi) is 7.98. The highest BCUT2D eigenvalue weighted by Crippen LogP contribution is 2.24. The second-order valence-corrected chi connectivity index (χ2v) is 6.20. The summed E-state index contributed by atoms with van der Waals surface area (Å²) in [6, 6.07) is 7.27. The Morgan fingerprint density at radius 3 is 2.41 bits per heavy atom. The fourth-order valence-corrected chi connectivity index (χ4v) is 2.44. The number of para-hydroxylation sites is 1. The largest absolute Gasteiger partial charge is 0.394 e. The average molecular weight is 324 g/mol. The van der Waals surface area contributed by atoms with Crippen LogP contribution in [0.25, 0.3) is 0 Å². The molecule has 5 nitrogen and oxygen atoms in total. The van der Waals surface area contributed by atoms with Crippen LogP contribution in [0.2, 0.25) is 0 Å². The molecule has 0 aliphatic carbocycles. The zero-order valence-electron chi connectivity index (χ0n) is 13.3. The summed E-state index contributed by atoms with van der Waals surface area (Å²) in [6.07, 6.45) is 2.17. The molecule has 0 radical (unpaired) electrons. The first-order chi connectivity index (χ1) is 10.5. The molecule has 6 heteroatoms. The molecular weight excluding hydrogens is 300 g/mol. The van der Waals surface area contributed by atoms with Crippen molar-refractivity contribution in [1.82, 2.24) is 5.32 Å². The molecule has 0 unspecified atom stereocenters. The Labute approximate surface area is 135 Å². The number of rotatable bonds is 8. The van der Waals surface area contributed by atoms with Crippen LogP contribution in [0.4, 0.5) is 5.69 Å². The number of anilines is 1. The van der Waals surface area contributed by atoms with Crippen LogP contribution in [0.5, 0.6) is 0 Å². The average Bonchev–Trinajstić information content (AvgIpc) is 2.50. The van der Waals surface area contributed by atoms with E-state index in [-0.39, 0.29) is 43.2 Å². The van der Waals surface area contributed by atoms with Crippen LogP contribution in [0.3, 0.4) is 0 Å². The van der Waals surface area contributed by atoms with Crippen molar-refractivity contribution in [1.29, 1.82) is 0 Å². The molecule has 3 N–H and O–H groups in total. The van der Waals surface area contributed by atoms with Gasteiger partial charge in [0.1, 0.15) is 0 Å². The summed E-state index contributed by atoms with van der Waals surface area (Å²) < 4.78 is 0. The third-order valence-electron chi connectivity index (χ3n) is 3.31. The van der Waals surface area contributed by atoms with Gasteiger partial charge in [-0.1, -0.05) is 26.0 Å². The minimum atomic E-state index is -0.271. The van der Waals surface area contributed by atoms with Crippen LogP contribution in [-0.4, -0.2) is 35.8 Å². The van der Waals surface area contributed by atoms with Gasteiger partial charge in [0.15, 0.2) is 0 Å². The number of hydrogen-bond donors (Lipinski definition) is 3. The van der Waals surface area contributed by atoms with E-state index < -0.39 is 0 Å². The van der Waals surface area contributed by atoms with Crippen LogP contribution in [0.1, 0.15) is 26.7 Å². The second kappa shape index (κ2) is 9.48. The number of aliphatic hydroxyl groups is 1. The molecule has 0 aromatic heterocycles. The van der Waals surface area contributed by atoms with Crippen molar-refractivity contribution in [2.75, 3.05) is 18.2 Å². The molecule has 22 heavy (non-hydrogen) atoms. The Bertz CT molecular complexity index is 506. The minimum absolute atomic E-state index is 0.100. The highest BCUT2D eigenvalue weighted by molar-refractivity contribution is 7.98. The number of carbonyl (C=O) groups is 2. The van der Waals surface area contributed by atoms with E-state index in [1.54, 1.807) is 11.8 Å². The van der Waals surface area contributed by atoms with Crippen LogP contribution >= 0.6 is 11.8 Å². The number of aliphatic hydroxyl groups excluding tert-OH is 1. The molecule has 0 bridgehead atoms. The van der Waals surface area contributed by atoms with Gasteiger partial charge in [-0.3, -0.25) is 9.59 Å². The van der Waals surface area contributed by atoms with E-state index in [1.165, 1.54) is 0 Å². The molecule has 1 rings (SSSR count). The Morgan fingerprint density at radius 2 is 1.82 bits per heavy atom. The van der Waals surface area contributed by atoms with E-state index in [0.717, 1.165) is 10.6 Å². The molecule has 0 saturated carbocycles. The number of benzene rings is 1. The first kappa shape index (κ1) is 18.5. The van der Waals surface area contributed by atoms with Crippen molar-refractivity contribution < 1.29 is 14.7 Å². The lowest BCUT2D eigenvalue weighted by Crippen LogP contribution is -2.41. The van der Waals surface area contributed by atoms with E-state index in [4.69, 9.17) is 0 Å². The quantitative estimate of drug-likeness (QED) is 0.641. The zero-order valence-corrected chi connectivity index (χ0v) is 14.1. The maximum atomic E-state index is 11.9. The summed E-state index contributed by atoms with van der Waals surface area (Å²) in [4.78, 5) is 24.7. The molecule has 1 aromatic rings. The normalized spacial score (nSPS) is 12.0. The lowest BCUT2D eigenvalue weighted by atomic mass is 10.1. The summed E-state index contributed by atoms with van der Waals surface area (Å²) in [5.74, 6) is -0.265. The van der Waals surface area contributed by atoms with Crippen LogP contribution in [0, 0.1) is 5.92 Å². The number of thioether (sulfide) groups is 1. The Balaban J connectivity index is 2.44. The highest BCUT2D eigenvalue weighted by atomic mass is 32.2. The zero-order chi connectivity index (χ0) is 16.5. The summed E-state index contributed by atoms with van der Waals surface area (Å²) in [6.45, 7) is 3.75. The monoisotopic (exact) mass is 324 g/mol. The maximum Gasteiger partial charge on any atom is 0.224 e. The van der Waals surface area contributed by atoms with Crippen molar-refractivity contribution in [2.45, 2.75) is 37.6 Å². The van der Waals surface area contributed by atoms with Gasteiger partial charge in [0.25, 0.3) is 0 Å². The van der Waals surface area contributed by atoms with Crippen molar-refractivity contribution in [3.63, 3.8) is 0 Å². The smallest absolute Gasteiger partial charge is 0.224 e. The Morgan fingerprint density at radius 1 is 1.18 bits per heavy atom. The standard InChI is InChI=1S/C16H24N2O3S/c1-11(2)13(10-19)18-16(21)9-8-15(20)17-12-6-4-5-7-14(12)22-3/h4-7,11,13,19H,8-10H2,1-3H3,(H,17,20)(H,18,21)/t13-/m0/s1. The van der Waals surface area contributed by atoms with Crippen molar-refractivity contribution in [3.05, 3.63) is 24.3 Å². The van der Waals surface area contributed by atoms with Gasteiger partial charge in [0.05, 0.1) is 18.3 Å². The van der Waals surface area contributed by atoms with Crippen molar-refractivity contribution in [3.8, 4) is 0 Å². The third-order valence-corrected chi connectivity index (χ3v) is 4.10. The predicted octanol–water partition coefficient (Wildman–Crippen LogP) is 2.26. The van der Waals surface area contributed by atoms with E-state index in [2.05, 4.69) is 10.6 Å². The van der Waals surface area contributed by atoms with Gasteiger partial charge in [-0.05, 0) is 24.3 Å². The lowest BCUT2D eigenvalue weighted by Gasteiger charge is -2.19. The third kappa shape index (κ3) is 6.07. The maximum absolute atomic E-state index is 11.9. The minimum Gasteiger partial charge on any atom is -0.394 e. The number of carbonyl (C=O) groups excluding carboxylic acids is 2. The van der Waals surface area contributed by atoms with E-state index in [0.29, 0.717) is 0 Å². The molecule has 0 aliphatic heterocycles. The first-order valence-corrected chi connectivity index (χ1v) is 8.53. The topological polar surface area (TPSA) is 78.4 Å². The second-order valence-electron chi connectivity index (χ2n) is 5.35. The molecule has 0 spiro atoms. The van der Waals surface area contributed by atoms with Gasteiger partial charge >= 0.3 is 0 Å². The van der Waals surface area contributed by atoms with Gasteiger partial charge < -0.3 is 15.7 Å². The van der Waals surface area contributed by atoms with Crippen LogP contribution < -0.4 is 10.6 Å². The molecule has 0 saturated heterocycles. The highest BCUT2D eigenvalue weighted by Gasteiger charge is 2.16. The molecule has 122 valence electrons. The van der Waals surface area contributed by atoms with E-state index in [9.17, 15) is 14.7 Å². The molecular formula is C16H24N2O3S. The van der Waals surface area contributed by atoms with Crippen molar-refractivity contribution >= 4 is 29.3 Å². The summed E-state index contributed by atoms with van der Waals surface area (Å²) in [5.41, 5.74) is 0.760. The van der Waals surface area contributed by atoms with Gasteiger partial charge in [-0.25, -0.2) is 0 Å². The van der Waals surface area contributed by atoms with Crippen LogP contribution in [0.15, 0.2) is 29.2 Å². The van der Waals surface area contributed by atoms with Crippen LogP contribution in [-0.2, 0) is 9.59 Å². The summed E-state index contributed by atoms with van der Waals surface area (Å²) >= 11 is 1.55.